The molecular weight excluding hydrogens is 434 g/mol. The molecule has 166 valence electrons. The van der Waals surface area contributed by atoms with Gasteiger partial charge in [0.1, 0.15) is 11.0 Å². The van der Waals surface area contributed by atoms with E-state index in [1.54, 1.807) is 23.8 Å². The molecule has 0 aliphatic heterocycles. The molecule has 3 aromatic carbocycles. The average molecular weight is 458 g/mol. The molecule has 1 atom stereocenters. The molecule has 1 amide bonds. The Kier molecular flexibility index (Phi) is 5.88. The lowest BCUT2D eigenvalue weighted by molar-refractivity contribution is -0.120. The van der Waals surface area contributed by atoms with Gasteiger partial charge in [-0.25, -0.2) is 4.98 Å². The van der Waals surface area contributed by atoms with Gasteiger partial charge < -0.3 is 10.1 Å². The summed E-state index contributed by atoms with van der Waals surface area (Å²) in [6.07, 6.45) is 2.00. The predicted molar refractivity (Wildman–Crippen MR) is 130 cm³/mol. The van der Waals surface area contributed by atoms with Crippen LogP contribution in [0.1, 0.15) is 23.7 Å². The summed E-state index contributed by atoms with van der Waals surface area (Å²) in [6, 6.07) is 24.4. The van der Waals surface area contributed by atoms with Gasteiger partial charge in [0, 0.05) is 6.04 Å². The van der Waals surface area contributed by atoms with E-state index in [0.29, 0.717) is 27.5 Å². The maximum atomic E-state index is 13.6. The lowest BCUT2D eigenvalue weighted by Crippen LogP contribution is -2.30. The second-order valence-corrected chi connectivity index (χ2v) is 8.99. The van der Waals surface area contributed by atoms with Gasteiger partial charge in [-0.2, -0.15) is 0 Å². The Balaban J connectivity index is 1.68. The number of ether oxygens (including phenoxy) is 1. The smallest absolute Gasteiger partial charge is 0.266 e. The van der Waals surface area contributed by atoms with E-state index in [-0.39, 0.29) is 17.5 Å². The number of aromatic nitrogens is 2. The molecule has 0 unspecified atom stereocenters. The van der Waals surface area contributed by atoms with Crippen LogP contribution in [0, 0.1) is 0 Å². The van der Waals surface area contributed by atoms with Gasteiger partial charge in [-0.15, -0.1) is 0 Å². The number of para-hydroxylation sites is 3. The molecule has 1 aliphatic rings. The van der Waals surface area contributed by atoms with E-state index < -0.39 is 5.25 Å². The Morgan fingerprint density at radius 3 is 2.48 bits per heavy atom. The summed E-state index contributed by atoms with van der Waals surface area (Å²) < 4.78 is 7.09. The molecule has 4 aromatic rings. The molecule has 1 heterocycles. The summed E-state index contributed by atoms with van der Waals surface area (Å²) in [5.74, 6) is 0.472. The monoisotopic (exact) mass is 457 g/mol. The van der Waals surface area contributed by atoms with Gasteiger partial charge in [0.15, 0.2) is 5.16 Å². The Labute approximate surface area is 195 Å². The summed E-state index contributed by atoms with van der Waals surface area (Å²) in [5, 5.41) is 3.49. The lowest BCUT2D eigenvalue weighted by Gasteiger charge is -2.20. The van der Waals surface area contributed by atoms with E-state index in [2.05, 4.69) is 5.32 Å². The molecular formula is C26H23N3O3S. The molecule has 1 N–H and O–H groups in total. The van der Waals surface area contributed by atoms with Crippen molar-refractivity contribution in [2.45, 2.75) is 29.3 Å². The third kappa shape index (κ3) is 4.36. The number of thioether (sulfide) groups is 1. The number of carbonyl (C=O) groups is 1. The highest BCUT2D eigenvalue weighted by molar-refractivity contribution is 8.00. The topological polar surface area (TPSA) is 73.2 Å². The summed E-state index contributed by atoms with van der Waals surface area (Å²) in [4.78, 5) is 31.7. The van der Waals surface area contributed by atoms with E-state index in [0.717, 1.165) is 18.4 Å². The van der Waals surface area contributed by atoms with E-state index >= 15 is 0 Å². The molecule has 33 heavy (non-hydrogen) atoms. The van der Waals surface area contributed by atoms with Crippen LogP contribution in [-0.2, 0) is 4.79 Å². The van der Waals surface area contributed by atoms with Gasteiger partial charge in [-0.1, -0.05) is 66.4 Å². The molecule has 0 bridgehead atoms. The zero-order valence-corrected chi connectivity index (χ0v) is 18.9. The minimum Gasteiger partial charge on any atom is -0.495 e. The third-order valence-corrected chi connectivity index (χ3v) is 6.77. The molecule has 7 heteroatoms. The number of rotatable bonds is 7. The normalized spacial score (nSPS) is 14.1. The second kappa shape index (κ2) is 9.11. The highest BCUT2D eigenvalue weighted by Gasteiger charge is 2.30. The number of hydrogen-bond donors (Lipinski definition) is 1. The van der Waals surface area contributed by atoms with Crippen LogP contribution in [0.5, 0.6) is 5.75 Å². The molecule has 1 fully saturated rings. The first-order valence-electron chi connectivity index (χ1n) is 10.8. The number of benzene rings is 3. The SMILES string of the molecule is COc1ccccc1-n1c(S[C@H](C(=O)NC2CC2)c2ccccc2)nc2ccccc2c1=O. The number of carbonyl (C=O) groups excluding carboxylic acids is 1. The first-order chi connectivity index (χ1) is 16.2. The van der Waals surface area contributed by atoms with E-state index in [1.165, 1.54) is 11.8 Å². The zero-order valence-electron chi connectivity index (χ0n) is 18.1. The van der Waals surface area contributed by atoms with Gasteiger partial charge in [-0.05, 0) is 42.7 Å². The number of hydrogen-bond acceptors (Lipinski definition) is 5. The zero-order chi connectivity index (χ0) is 22.8. The van der Waals surface area contributed by atoms with Gasteiger partial charge in [-0.3, -0.25) is 14.2 Å². The highest BCUT2D eigenvalue weighted by atomic mass is 32.2. The fourth-order valence-electron chi connectivity index (χ4n) is 3.73. The van der Waals surface area contributed by atoms with Crippen molar-refractivity contribution in [1.82, 2.24) is 14.9 Å². The van der Waals surface area contributed by atoms with Crippen molar-refractivity contribution in [1.29, 1.82) is 0 Å². The fraction of sp³-hybridized carbons (Fsp3) is 0.192. The van der Waals surface area contributed by atoms with Crippen molar-refractivity contribution < 1.29 is 9.53 Å². The maximum Gasteiger partial charge on any atom is 0.266 e. The van der Waals surface area contributed by atoms with Crippen LogP contribution in [0.2, 0.25) is 0 Å². The minimum absolute atomic E-state index is 0.0808. The Morgan fingerprint density at radius 1 is 1.03 bits per heavy atom. The highest BCUT2D eigenvalue weighted by Crippen LogP contribution is 2.37. The second-order valence-electron chi connectivity index (χ2n) is 7.92. The maximum absolute atomic E-state index is 13.6. The number of fused-ring (bicyclic) bond motifs is 1. The van der Waals surface area contributed by atoms with Crippen LogP contribution in [0.25, 0.3) is 16.6 Å². The van der Waals surface area contributed by atoms with Gasteiger partial charge in [0.25, 0.3) is 5.56 Å². The Morgan fingerprint density at radius 2 is 1.73 bits per heavy atom. The number of nitrogens with zero attached hydrogens (tertiary/aromatic N) is 2. The molecule has 6 nitrogen and oxygen atoms in total. The summed E-state index contributed by atoms with van der Waals surface area (Å²) in [7, 11) is 1.57. The van der Waals surface area contributed by atoms with Crippen molar-refractivity contribution in [2.24, 2.45) is 0 Å². The molecule has 0 saturated heterocycles. The number of methoxy groups -OCH3 is 1. The largest absolute Gasteiger partial charge is 0.495 e. The predicted octanol–water partition coefficient (Wildman–Crippen LogP) is 4.51. The van der Waals surface area contributed by atoms with E-state index in [4.69, 9.17) is 9.72 Å². The van der Waals surface area contributed by atoms with Crippen LogP contribution >= 0.6 is 11.8 Å². The fourth-order valence-corrected chi connectivity index (χ4v) is 4.85. The van der Waals surface area contributed by atoms with E-state index in [1.807, 2.05) is 66.7 Å². The van der Waals surface area contributed by atoms with Crippen molar-refractivity contribution in [3.63, 3.8) is 0 Å². The Bertz CT molecular complexity index is 1370. The molecule has 1 aliphatic carbocycles. The summed E-state index contributed by atoms with van der Waals surface area (Å²) >= 11 is 1.27. The van der Waals surface area contributed by atoms with E-state index in [9.17, 15) is 9.59 Å². The molecule has 1 saturated carbocycles. The number of amides is 1. The van der Waals surface area contributed by atoms with Gasteiger partial charge in [0.2, 0.25) is 5.91 Å². The van der Waals surface area contributed by atoms with Crippen LogP contribution in [0.4, 0.5) is 0 Å². The van der Waals surface area contributed by atoms with Crippen LogP contribution < -0.4 is 15.6 Å². The standard InChI is InChI=1S/C26H23N3O3S/c1-32-22-14-8-7-13-21(22)29-25(31)19-11-5-6-12-20(19)28-26(29)33-23(17-9-3-2-4-10-17)24(30)27-18-15-16-18/h2-14,18,23H,15-16H2,1H3,(H,27,30)/t23-/m0/s1. The minimum atomic E-state index is -0.555. The van der Waals surface area contributed by atoms with Crippen molar-refractivity contribution in [3.05, 3.63) is 94.8 Å². The molecule has 1 aromatic heterocycles. The van der Waals surface area contributed by atoms with Crippen molar-refractivity contribution >= 4 is 28.6 Å². The van der Waals surface area contributed by atoms with Crippen molar-refractivity contribution in [3.8, 4) is 11.4 Å². The first-order valence-corrected chi connectivity index (χ1v) is 11.7. The average Bonchev–Trinajstić information content (AvgIpc) is 3.67. The lowest BCUT2D eigenvalue weighted by atomic mass is 10.1. The van der Waals surface area contributed by atoms with Gasteiger partial charge in [0.05, 0.1) is 23.7 Å². The molecule has 5 rings (SSSR count). The van der Waals surface area contributed by atoms with Crippen LogP contribution in [-0.4, -0.2) is 28.6 Å². The third-order valence-electron chi connectivity index (χ3n) is 5.56. The summed E-state index contributed by atoms with van der Waals surface area (Å²) in [6.45, 7) is 0. The molecule has 0 spiro atoms. The quantitative estimate of drug-likeness (QED) is 0.327. The summed E-state index contributed by atoms with van der Waals surface area (Å²) in [5.41, 5.74) is 1.82. The van der Waals surface area contributed by atoms with Crippen LogP contribution in [0.3, 0.4) is 0 Å². The van der Waals surface area contributed by atoms with Gasteiger partial charge >= 0.3 is 0 Å². The van der Waals surface area contributed by atoms with Crippen molar-refractivity contribution in [2.75, 3.05) is 7.11 Å². The first kappa shape index (κ1) is 21.3. The van der Waals surface area contributed by atoms with Crippen LogP contribution in [0.15, 0.2) is 88.8 Å². The Hall–Kier alpha value is -3.58. The molecule has 0 radical (unpaired) electrons. The number of nitrogens with one attached hydrogen (secondary N) is 1.